The smallest absolute Gasteiger partial charge is 0.181 e. The molecule has 0 saturated carbocycles. The van der Waals surface area contributed by atoms with Crippen LogP contribution in [0.2, 0.25) is 0 Å². The predicted octanol–water partition coefficient (Wildman–Crippen LogP) is 3.41. The molecule has 0 aliphatic heterocycles. The van der Waals surface area contributed by atoms with E-state index in [0.29, 0.717) is 11.6 Å². The van der Waals surface area contributed by atoms with Gasteiger partial charge >= 0.3 is 0 Å². The summed E-state index contributed by atoms with van der Waals surface area (Å²) < 4.78 is 0.961. The van der Waals surface area contributed by atoms with Crippen molar-refractivity contribution < 1.29 is 0 Å². The third-order valence-electron chi connectivity index (χ3n) is 2.54. The highest BCUT2D eigenvalue weighted by atomic mass is 79.9. The number of anilines is 1. The van der Waals surface area contributed by atoms with E-state index in [2.05, 4.69) is 30.9 Å². The van der Waals surface area contributed by atoms with Crippen LogP contribution in [0.1, 0.15) is 5.01 Å². The number of thiazole rings is 1. The van der Waals surface area contributed by atoms with Gasteiger partial charge in [0.2, 0.25) is 0 Å². The first-order valence-electron chi connectivity index (χ1n) is 5.29. The van der Waals surface area contributed by atoms with Crippen LogP contribution in [-0.2, 0) is 0 Å². The molecule has 3 aromatic rings. The number of nitrogens with zero attached hydrogens (tertiary/aromatic N) is 3. The molecule has 2 aromatic heterocycles. The van der Waals surface area contributed by atoms with Crippen LogP contribution in [0.5, 0.6) is 0 Å². The van der Waals surface area contributed by atoms with Crippen molar-refractivity contribution in [2.45, 2.75) is 6.92 Å². The third kappa shape index (κ3) is 1.97. The van der Waals surface area contributed by atoms with Crippen LogP contribution in [-0.4, -0.2) is 15.0 Å². The van der Waals surface area contributed by atoms with E-state index in [9.17, 15) is 0 Å². The Bertz CT molecular complexity index is 738. The van der Waals surface area contributed by atoms with Gasteiger partial charge in [0.15, 0.2) is 5.82 Å². The van der Waals surface area contributed by atoms with Gasteiger partial charge in [0, 0.05) is 15.2 Å². The van der Waals surface area contributed by atoms with Gasteiger partial charge in [-0.15, -0.1) is 11.3 Å². The molecule has 0 radical (unpaired) electrons. The van der Waals surface area contributed by atoms with E-state index in [1.54, 1.807) is 11.3 Å². The maximum atomic E-state index is 5.97. The molecule has 4 nitrogen and oxygen atoms in total. The minimum atomic E-state index is 0.474. The first-order chi connectivity index (χ1) is 8.63. The lowest BCUT2D eigenvalue weighted by Gasteiger charge is -2.04. The van der Waals surface area contributed by atoms with Crippen LogP contribution >= 0.6 is 27.3 Å². The number of nitrogens with two attached hydrogens (primary N) is 1. The summed E-state index contributed by atoms with van der Waals surface area (Å²) in [7, 11) is 0. The van der Waals surface area contributed by atoms with Crippen molar-refractivity contribution in [3.05, 3.63) is 33.1 Å². The summed E-state index contributed by atoms with van der Waals surface area (Å²) in [5, 5.41) is 3.78. The lowest BCUT2D eigenvalue weighted by Crippen LogP contribution is -1.98. The van der Waals surface area contributed by atoms with Crippen molar-refractivity contribution in [1.82, 2.24) is 15.0 Å². The summed E-state index contributed by atoms with van der Waals surface area (Å²) in [4.78, 5) is 13.2. The molecule has 0 aliphatic carbocycles. The van der Waals surface area contributed by atoms with Gasteiger partial charge < -0.3 is 5.73 Å². The molecular weight excluding hydrogens is 312 g/mol. The fraction of sp³-hybridized carbons (Fsp3) is 0.0833. The standard InChI is InChI=1S/C12H9BrN4S/c1-6-15-10(5-18-6)12-16-9-3-2-7(13)4-8(9)11(14)17-12/h2-5H,1H3,(H2,14,16,17). The van der Waals surface area contributed by atoms with Crippen LogP contribution < -0.4 is 5.73 Å². The zero-order valence-corrected chi connectivity index (χ0v) is 11.9. The van der Waals surface area contributed by atoms with E-state index in [4.69, 9.17) is 5.73 Å². The number of nitrogen functional groups attached to an aromatic ring is 1. The van der Waals surface area contributed by atoms with Crippen molar-refractivity contribution >= 4 is 44.0 Å². The normalized spacial score (nSPS) is 11.0. The number of fused-ring (bicyclic) bond motifs is 1. The SMILES string of the molecule is Cc1nc(-c2nc(N)c3cc(Br)ccc3n2)cs1. The van der Waals surface area contributed by atoms with Gasteiger partial charge in [-0.05, 0) is 25.1 Å². The number of hydrogen-bond acceptors (Lipinski definition) is 5. The van der Waals surface area contributed by atoms with Crippen LogP contribution in [0.4, 0.5) is 5.82 Å². The lowest BCUT2D eigenvalue weighted by molar-refractivity contribution is 1.18. The largest absolute Gasteiger partial charge is 0.383 e. The van der Waals surface area contributed by atoms with E-state index < -0.39 is 0 Å². The molecule has 90 valence electrons. The molecule has 18 heavy (non-hydrogen) atoms. The minimum absolute atomic E-state index is 0.474. The van der Waals surface area contributed by atoms with Crippen molar-refractivity contribution in [2.75, 3.05) is 5.73 Å². The van der Waals surface area contributed by atoms with E-state index >= 15 is 0 Å². The van der Waals surface area contributed by atoms with Gasteiger partial charge in [0.25, 0.3) is 0 Å². The molecule has 0 saturated heterocycles. The average Bonchev–Trinajstić information content (AvgIpc) is 2.77. The Hall–Kier alpha value is -1.53. The second-order valence-electron chi connectivity index (χ2n) is 3.85. The molecule has 1 aromatic carbocycles. The average molecular weight is 321 g/mol. The number of aryl methyl sites for hydroxylation is 1. The topological polar surface area (TPSA) is 64.7 Å². The molecule has 0 unspecified atom stereocenters. The van der Waals surface area contributed by atoms with Crippen LogP contribution in [0.25, 0.3) is 22.4 Å². The molecular formula is C12H9BrN4S. The first kappa shape index (κ1) is 11.6. The molecule has 0 spiro atoms. The number of aromatic nitrogens is 3. The van der Waals surface area contributed by atoms with Gasteiger partial charge in [-0.3, -0.25) is 0 Å². The number of halogens is 1. The molecule has 3 rings (SSSR count). The van der Waals surface area contributed by atoms with E-state index in [1.807, 2.05) is 30.5 Å². The van der Waals surface area contributed by atoms with Crippen molar-refractivity contribution in [2.24, 2.45) is 0 Å². The van der Waals surface area contributed by atoms with Crippen molar-refractivity contribution in [3.8, 4) is 11.5 Å². The Morgan fingerprint density at radius 3 is 2.78 bits per heavy atom. The van der Waals surface area contributed by atoms with Gasteiger partial charge in [0.1, 0.15) is 11.5 Å². The third-order valence-corrected chi connectivity index (χ3v) is 3.80. The molecule has 2 N–H and O–H groups in total. The first-order valence-corrected chi connectivity index (χ1v) is 6.96. The van der Waals surface area contributed by atoms with Crippen molar-refractivity contribution in [1.29, 1.82) is 0 Å². The second-order valence-corrected chi connectivity index (χ2v) is 5.82. The molecule has 0 fully saturated rings. The second kappa shape index (κ2) is 4.29. The molecule has 0 atom stereocenters. The van der Waals surface area contributed by atoms with Gasteiger partial charge in [0.05, 0.1) is 10.5 Å². The van der Waals surface area contributed by atoms with Gasteiger partial charge in [-0.2, -0.15) is 0 Å². The quantitative estimate of drug-likeness (QED) is 0.746. The Morgan fingerprint density at radius 2 is 2.06 bits per heavy atom. The summed E-state index contributed by atoms with van der Waals surface area (Å²) in [5.41, 5.74) is 7.57. The Morgan fingerprint density at radius 1 is 1.22 bits per heavy atom. The van der Waals surface area contributed by atoms with E-state index in [1.165, 1.54) is 0 Å². The summed E-state index contributed by atoms with van der Waals surface area (Å²) in [6.07, 6.45) is 0. The van der Waals surface area contributed by atoms with E-state index in [0.717, 1.165) is 26.1 Å². The van der Waals surface area contributed by atoms with Crippen LogP contribution in [0.15, 0.2) is 28.1 Å². The number of hydrogen-bond donors (Lipinski definition) is 1. The predicted molar refractivity (Wildman–Crippen MR) is 77.5 cm³/mol. The van der Waals surface area contributed by atoms with Gasteiger partial charge in [-0.1, -0.05) is 15.9 Å². The molecule has 0 bridgehead atoms. The number of benzene rings is 1. The van der Waals surface area contributed by atoms with Crippen LogP contribution in [0.3, 0.4) is 0 Å². The fourth-order valence-electron chi connectivity index (χ4n) is 1.71. The fourth-order valence-corrected chi connectivity index (χ4v) is 2.66. The number of rotatable bonds is 1. The monoisotopic (exact) mass is 320 g/mol. The highest BCUT2D eigenvalue weighted by Crippen LogP contribution is 2.26. The molecule has 6 heteroatoms. The molecule has 0 aliphatic rings. The highest BCUT2D eigenvalue weighted by molar-refractivity contribution is 9.10. The minimum Gasteiger partial charge on any atom is -0.383 e. The summed E-state index contributed by atoms with van der Waals surface area (Å²) in [5.74, 6) is 1.05. The highest BCUT2D eigenvalue weighted by Gasteiger charge is 2.09. The summed E-state index contributed by atoms with van der Waals surface area (Å²) >= 11 is 4.99. The Balaban J connectivity index is 2.24. The summed E-state index contributed by atoms with van der Waals surface area (Å²) in [6, 6.07) is 5.77. The Labute approximate surface area is 116 Å². The molecule has 2 heterocycles. The maximum Gasteiger partial charge on any atom is 0.181 e. The summed E-state index contributed by atoms with van der Waals surface area (Å²) in [6.45, 7) is 1.95. The van der Waals surface area contributed by atoms with Crippen molar-refractivity contribution in [3.63, 3.8) is 0 Å². The lowest BCUT2D eigenvalue weighted by atomic mass is 10.2. The Kier molecular flexibility index (Phi) is 2.76. The van der Waals surface area contributed by atoms with Gasteiger partial charge in [-0.25, -0.2) is 15.0 Å². The molecule has 0 amide bonds. The van der Waals surface area contributed by atoms with E-state index in [-0.39, 0.29) is 0 Å². The van der Waals surface area contributed by atoms with Crippen LogP contribution in [0, 0.1) is 6.92 Å². The maximum absolute atomic E-state index is 5.97. The zero-order valence-electron chi connectivity index (χ0n) is 9.51. The zero-order chi connectivity index (χ0) is 12.7.